The summed E-state index contributed by atoms with van der Waals surface area (Å²) in [4.78, 5) is 2.62. The molecule has 3 heteroatoms. The van der Waals surface area contributed by atoms with E-state index >= 15 is 0 Å². The number of fused-ring (bicyclic) bond motifs is 2. The average Bonchev–Trinajstić information content (AvgIpc) is 2.91. The molecule has 2 unspecified atom stereocenters. The Balaban J connectivity index is 1.91. The number of hydrogen-bond acceptors (Lipinski definition) is 2. The molecule has 1 aromatic rings. The highest BCUT2D eigenvalue weighted by Gasteiger charge is 2.38. The Bertz CT molecular complexity index is 419. The zero-order valence-corrected chi connectivity index (χ0v) is 11.6. The van der Waals surface area contributed by atoms with Gasteiger partial charge in [0.05, 0.1) is 0 Å². The zero-order valence-electron chi connectivity index (χ0n) is 10.0. The lowest BCUT2D eigenvalue weighted by Gasteiger charge is -2.31. The maximum Gasteiger partial charge on any atom is 0.0402 e. The van der Waals surface area contributed by atoms with Crippen LogP contribution in [-0.2, 0) is 6.42 Å². The minimum absolute atomic E-state index is 0.728. The molecule has 1 aromatic carbocycles. The Kier molecular flexibility index (Phi) is 3.14. The largest absolute Gasteiger partial charge is 0.368 e. The van der Waals surface area contributed by atoms with Crippen molar-refractivity contribution in [1.29, 1.82) is 0 Å². The van der Waals surface area contributed by atoms with Crippen LogP contribution in [0.5, 0.6) is 0 Å². The summed E-state index contributed by atoms with van der Waals surface area (Å²) < 4.78 is 1.16. The Hall–Kier alpha value is -0.540. The van der Waals surface area contributed by atoms with Gasteiger partial charge in [-0.2, -0.15) is 0 Å². The Morgan fingerprint density at radius 2 is 2.24 bits per heavy atom. The van der Waals surface area contributed by atoms with E-state index in [0.29, 0.717) is 0 Å². The number of rotatable bonds is 3. The molecule has 2 nitrogen and oxygen atoms in total. The summed E-state index contributed by atoms with van der Waals surface area (Å²) in [6.45, 7) is 1.98. The second-order valence-electron chi connectivity index (χ2n) is 5.30. The van der Waals surface area contributed by atoms with Crippen molar-refractivity contribution in [2.24, 2.45) is 11.7 Å². The Morgan fingerprint density at radius 1 is 1.35 bits per heavy atom. The summed E-state index contributed by atoms with van der Waals surface area (Å²) >= 11 is 3.56. The highest BCUT2D eigenvalue weighted by molar-refractivity contribution is 9.10. The van der Waals surface area contributed by atoms with Gasteiger partial charge >= 0.3 is 0 Å². The highest BCUT2D eigenvalue weighted by Crippen LogP contribution is 2.41. The Labute approximate surface area is 111 Å². The first kappa shape index (κ1) is 11.5. The summed E-state index contributed by atoms with van der Waals surface area (Å²) in [7, 11) is 0. The summed E-state index contributed by atoms with van der Waals surface area (Å²) in [5.41, 5.74) is 8.54. The second-order valence-corrected chi connectivity index (χ2v) is 6.21. The lowest BCUT2D eigenvalue weighted by atomic mass is 10.1. The van der Waals surface area contributed by atoms with E-state index in [9.17, 15) is 0 Å². The molecule has 1 saturated heterocycles. The first-order valence-electron chi connectivity index (χ1n) is 6.53. The van der Waals surface area contributed by atoms with Crippen LogP contribution in [0.1, 0.15) is 24.8 Å². The maximum atomic E-state index is 5.72. The molecular weight excluding hydrogens is 276 g/mol. The van der Waals surface area contributed by atoms with Gasteiger partial charge in [0.15, 0.2) is 0 Å². The van der Waals surface area contributed by atoms with Crippen LogP contribution in [0.15, 0.2) is 22.7 Å². The van der Waals surface area contributed by atoms with Crippen molar-refractivity contribution >= 4 is 21.6 Å². The predicted molar refractivity (Wildman–Crippen MR) is 75.4 cm³/mol. The van der Waals surface area contributed by atoms with Gasteiger partial charge in [-0.25, -0.2) is 0 Å². The molecule has 1 saturated carbocycles. The smallest absolute Gasteiger partial charge is 0.0402 e. The number of anilines is 1. The van der Waals surface area contributed by atoms with Crippen molar-refractivity contribution in [1.82, 2.24) is 0 Å². The summed E-state index contributed by atoms with van der Waals surface area (Å²) in [6, 6.07) is 7.43. The number of halogens is 1. The van der Waals surface area contributed by atoms with Crippen molar-refractivity contribution in [3.63, 3.8) is 0 Å². The van der Waals surface area contributed by atoms with Gasteiger partial charge in [-0.15, -0.1) is 0 Å². The molecule has 92 valence electrons. The van der Waals surface area contributed by atoms with Gasteiger partial charge in [0.25, 0.3) is 0 Å². The van der Waals surface area contributed by atoms with Crippen LogP contribution in [0, 0.1) is 5.92 Å². The third-order valence-electron chi connectivity index (χ3n) is 4.17. The molecule has 17 heavy (non-hydrogen) atoms. The first-order valence-corrected chi connectivity index (χ1v) is 7.32. The normalized spacial score (nSPS) is 26.8. The molecule has 0 amide bonds. The fourth-order valence-electron chi connectivity index (χ4n) is 3.41. The number of piperidine rings is 1. The fraction of sp³-hybridized carbons (Fsp3) is 0.571. The molecule has 2 aliphatic rings. The highest BCUT2D eigenvalue weighted by atomic mass is 79.9. The van der Waals surface area contributed by atoms with Crippen molar-refractivity contribution in [3.8, 4) is 0 Å². The predicted octanol–water partition coefficient (Wildman–Crippen LogP) is 2.94. The molecule has 3 rings (SSSR count). The van der Waals surface area contributed by atoms with Gasteiger partial charge in [0.2, 0.25) is 0 Å². The first-order chi connectivity index (χ1) is 8.28. The average molecular weight is 295 g/mol. The quantitative estimate of drug-likeness (QED) is 0.929. The van der Waals surface area contributed by atoms with Gasteiger partial charge in [0, 0.05) is 22.7 Å². The van der Waals surface area contributed by atoms with Crippen LogP contribution >= 0.6 is 15.9 Å². The van der Waals surface area contributed by atoms with Crippen LogP contribution in [0.4, 0.5) is 5.69 Å². The number of nitrogens with zero attached hydrogens (tertiary/aromatic N) is 1. The van der Waals surface area contributed by atoms with E-state index in [1.807, 2.05) is 0 Å². The van der Waals surface area contributed by atoms with Gasteiger partial charge in [-0.1, -0.05) is 15.9 Å². The zero-order chi connectivity index (χ0) is 11.8. The topological polar surface area (TPSA) is 29.3 Å². The molecule has 0 radical (unpaired) electrons. The van der Waals surface area contributed by atoms with Gasteiger partial charge < -0.3 is 10.6 Å². The molecule has 1 aliphatic heterocycles. The van der Waals surface area contributed by atoms with Crippen LogP contribution in [0.3, 0.4) is 0 Å². The molecular formula is C14H19BrN2. The van der Waals surface area contributed by atoms with Gasteiger partial charge in [-0.3, -0.25) is 0 Å². The molecule has 1 heterocycles. The van der Waals surface area contributed by atoms with E-state index in [1.165, 1.54) is 37.1 Å². The van der Waals surface area contributed by atoms with E-state index in [4.69, 9.17) is 5.73 Å². The third-order valence-corrected chi connectivity index (χ3v) is 4.67. The van der Waals surface area contributed by atoms with E-state index in [-0.39, 0.29) is 0 Å². The number of nitrogens with two attached hydrogens (primary N) is 1. The van der Waals surface area contributed by atoms with Crippen molar-refractivity contribution in [2.75, 3.05) is 18.0 Å². The number of benzene rings is 1. The molecule has 0 spiro atoms. The maximum absolute atomic E-state index is 5.72. The van der Waals surface area contributed by atoms with Gasteiger partial charge in [-0.05, 0) is 61.9 Å². The van der Waals surface area contributed by atoms with Crippen LogP contribution in [0.25, 0.3) is 0 Å². The standard InChI is InChI=1S/C14H19BrN2/c15-12-2-4-14(11(8-12)5-6-16)17-9-10-1-3-13(17)7-10/h2,4,8,10,13H,1,3,5-7,9,16H2. The summed E-state index contributed by atoms with van der Waals surface area (Å²) in [6.07, 6.45) is 5.19. The number of hydrogen-bond donors (Lipinski definition) is 1. The third kappa shape index (κ3) is 2.11. The van der Waals surface area contributed by atoms with E-state index in [1.54, 1.807) is 0 Å². The van der Waals surface area contributed by atoms with Crippen molar-refractivity contribution < 1.29 is 0 Å². The van der Waals surface area contributed by atoms with Crippen LogP contribution in [-0.4, -0.2) is 19.1 Å². The molecule has 1 aliphatic carbocycles. The van der Waals surface area contributed by atoms with E-state index in [0.717, 1.165) is 29.4 Å². The molecule has 2 bridgehead atoms. The summed E-state index contributed by atoms with van der Waals surface area (Å²) in [5.74, 6) is 0.939. The monoisotopic (exact) mass is 294 g/mol. The van der Waals surface area contributed by atoms with E-state index < -0.39 is 0 Å². The SMILES string of the molecule is NCCc1cc(Br)ccc1N1CC2CCC1C2. The van der Waals surface area contributed by atoms with Crippen LogP contribution < -0.4 is 10.6 Å². The van der Waals surface area contributed by atoms with Crippen molar-refractivity contribution in [3.05, 3.63) is 28.2 Å². The molecule has 2 N–H and O–H groups in total. The lowest BCUT2D eigenvalue weighted by molar-refractivity contribution is 0.552. The second kappa shape index (κ2) is 4.62. The minimum atomic E-state index is 0.728. The molecule has 2 atom stereocenters. The summed E-state index contributed by atoms with van der Waals surface area (Å²) in [5, 5.41) is 0. The molecule has 0 aromatic heterocycles. The fourth-order valence-corrected chi connectivity index (χ4v) is 3.82. The van der Waals surface area contributed by atoms with Crippen molar-refractivity contribution in [2.45, 2.75) is 31.7 Å². The van der Waals surface area contributed by atoms with Crippen LogP contribution in [0.2, 0.25) is 0 Å². The lowest BCUT2D eigenvalue weighted by Crippen LogP contribution is -2.32. The minimum Gasteiger partial charge on any atom is -0.368 e. The molecule has 2 fully saturated rings. The Morgan fingerprint density at radius 3 is 2.88 bits per heavy atom. The van der Waals surface area contributed by atoms with E-state index in [2.05, 4.69) is 39.0 Å². The van der Waals surface area contributed by atoms with Gasteiger partial charge in [0.1, 0.15) is 0 Å².